The van der Waals surface area contributed by atoms with Crippen LogP contribution in [0.4, 0.5) is 18.0 Å². The van der Waals surface area contributed by atoms with Gasteiger partial charge in [0.15, 0.2) is 0 Å². The largest absolute Gasteiger partial charge is 0.480 e. The van der Waals surface area contributed by atoms with E-state index >= 15 is 0 Å². The van der Waals surface area contributed by atoms with Crippen molar-refractivity contribution in [3.63, 3.8) is 0 Å². The molecule has 0 radical (unpaired) electrons. The number of halogens is 3. The molecule has 5 nitrogen and oxygen atoms in total. The van der Waals surface area contributed by atoms with Crippen LogP contribution in [0.1, 0.15) is 40.0 Å². The van der Waals surface area contributed by atoms with Crippen molar-refractivity contribution in [3.8, 4) is 0 Å². The molecule has 0 saturated heterocycles. The highest BCUT2D eigenvalue weighted by Gasteiger charge is 2.39. The number of carboxylic acids is 1. The highest BCUT2D eigenvalue weighted by molar-refractivity contribution is 5.86. The van der Waals surface area contributed by atoms with Crippen LogP contribution in [0.2, 0.25) is 0 Å². The average Bonchev–Trinajstić information content (AvgIpc) is 2.33. The maximum Gasteiger partial charge on any atom is 0.406 e. The molecule has 0 aliphatic carbocycles. The van der Waals surface area contributed by atoms with Crippen LogP contribution >= 0.6 is 0 Å². The lowest BCUT2D eigenvalue weighted by atomic mass is 9.93. The molecule has 2 N–H and O–H groups in total. The van der Waals surface area contributed by atoms with Crippen LogP contribution in [-0.2, 0) is 4.79 Å². The number of amides is 2. The minimum absolute atomic E-state index is 0.0888. The summed E-state index contributed by atoms with van der Waals surface area (Å²) in [7, 11) is 0. The van der Waals surface area contributed by atoms with Gasteiger partial charge in [0.05, 0.1) is 0 Å². The molecule has 0 atom stereocenters. The molecule has 0 spiro atoms. The van der Waals surface area contributed by atoms with Gasteiger partial charge in [0.2, 0.25) is 0 Å². The molecule has 8 heteroatoms. The SMILES string of the molecule is CCCN(CC(F)(F)F)C(=O)NC(CC)(CC)C(=O)O. The van der Waals surface area contributed by atoms with E-state index in [2.05, 4.69) is 5.32 Å². The van der Waals surface area contributed by atoms with E-state index in [1.165, 1.54) is 0 Å². The number of carbonyl (C=O) groups is 2. The van der Waals surface area contributed by atoms with Gasteiger partial charge in [-0.1, -0.05) is 20.8 Å². The predicted octanol–water partition coefficient (Wildman–Crippen LogP) is 2.61. The molecule has 0 unspecified atom stereocenters. The smallest absolute Gasteiger partial charge is 0.406 e. The van der Waals surface area contributed by atoms with E-state index in [0.29, 0.717) is 11.3 Å². The van der Waals surface area contributed by atoms with Gasteiger partial charge in [0.25, 0.3) is 0 Å². The van der Waals surface area contributed by atoms with Crippen LogP contribution in [0, 0.1) is 0 Å². The number of aliphatic carboxylic acids is 1. The second-order valence-corrected chi connectivity index (χ2v) is 4.56. The van der Waals surface area contributed by atoms with E-state index in [1.54, 1.807) is 20.8 Å². The normalized spacial score (nSPS) is 12.1. The molecule has 0 bridgehead atoms. The first-order chi connectivity index (χ1) is 9.11. The third-order valence-corrected chi connectivity index (χ3v) is 3.11. The first-order valence-corrected chi connectivity index (χ1v) is 6.49. The zero-order valence-electron chi connectivity index (χ0n) is 11.9. The zero-order valence-corrected chi connectivity index (χ0v) is 11.9. The molecule has 0 aliphatic rings. The van der Waals surface area contributed by atoms with Crippen LogP contribution in [0.15, 0.2) is 0 Å². The number of hydrogen-bond acceptors (Lipinski definition) is 2. The molecule has 0 heterocycles. The van der Waals surface area contributed by atoms with E-state index < -0.39 is 30.3 Å². The van der Waals surface area contributed by atoms with Crippen LogP contribution in [0.3, 0.4) is 0 Å². The van der Waals surface area contributed by atoms with Gasteiger partial charge < -0.3 is 15.3 Å². The van der Waals surface area contributed by atoms with Crippen molar-refractivity contribution in [1.82, 2.24) is 10.2 Å². The Kier molecular flexibility index (Phi) is 6.81. The van der Waals surface area contributed by atoms with Gasteiger partial charge in [-0.25, -0.2) is 9.59 Å². The monoisotopic (exact) mass is 298 g/mol. The Morgan fingerprint density at radius 3 is 1.95 bits per heavy atom. The number of rotatable bonds is 7. The van der Waals surface area contributed by atoms with Crippen LogP contribution in [-0.4, -0.2) is 46.8 Å². The predicted molar refractivity (Wildman–Crippen MR) is 67.4 cm³/mol. The Labute approximate surface area is 116 Å². The van der Waals surface area contributed by atoms with E-state index in [1.807, 2.05) is 0 Å². The second kappa shape index (κ2) is 7.35. The standard InChI is InChI=1S/C12H21F3N2O3/c1-4-7-17(8-12(13,14)15)10(20)16-11(5-2,6-3)9(18)19/h4-8H2,1-3H3,(H,16,20)(H,18,19). The minimum atomic E-state index is -4.52. The fourth-order valence-electron chi connectivity index (χ4n) is 1.81. The maximum atomic E-state index is 12.4. The highest BCUT2D eigenvalue weighted by atomic mass is 19.4. The summed E-state index contributed by atoms with van der Waals surface area (Å²) >= 11 is 0. The van der Waals surface area contributed by atoms with Crippen molar-refractivity contribution < 1.29 is 27.9 Å². The molecule has 0 saturated carbocycles. The number of hydrogen-bond donors (Lipinski definition) is 2. The Morgan fingerprint density at radius 2 is 1.65 bits per heavy atom. The number of carbonyl (C=O) groups excluding carboxylic acids is 1. The van der Waals surface area contributed by atoms with Crippen molar-refractivity contribution in [2.75, 3.05) is 13.1 Å². The molecule has 2 amide bonds. The number of nitrogens with zero attached hydrogens (tertiary/aromatic N) is 1. The lowest BCUT2D eigenvalue weighted by Gasteiger charge is -2.32. The van der Waals surface area contributed by atoms with Crippen molar-refractivity contribution in [1.29, 1.82) is 0 Å². The summed E-state index contributed by atoms with van der Waals surface area (Å²) in [5.41, 5.74) is -1.53. The van der Waals surface area contributed by atoms with Gasteiger partial charge >= 0.3 is 18.2 Å². The Morgan fingerprint density at radius 1 is 1.15 bits per heavy atom. The average molecular weight is 298 g/mol. The lowest BCUT2D eigenvalue weighted by Crippen LogP contribution is -2.58. The van der Waals surface area contributed by atoms with Crippen LogP contribution in [0.25, 0.3) is 0 Å². The lowest BCUT2D eigenvalue weighted by molar-refractivity contribution is -0.145. The minimum Gasteiger partial charge on any atom is -0.480 e. The molecule has 0 aliphatic heterocycles. The van der Waals surface area contributed by atoms with Gasteiger partial charge in [-0.15, -0.1) is 0 Å². The molecule has 20 heavy (non-hydrogen) atoms. The first-order valence-electron chi connectivity index (χ1n) is 6.49. The Balaban J connectivity index is 5.03. The third-order valence-electron chi connectivity index (χ3n) is 3.11. The molecule has 0 aromatic rings. The van der Waals surface area contributed by atoms with Crippen LogP contribution < -0.4 is 5.32 Å². The van der Waals surface area contributed by atoms with Gasteiger partial charge in [-0.3, -0.25) is 0 Å². The van der Waals surface area contributed by atoms with E-state index in [9.17, 15) is 22.8 Å². The quantitative estimate of drug-likeness (QED) is 0.759. The summed E-state index contributed by atoms with van der Waals surface area (Å²) < 4.78 is 37.2. The van der Waals surface area contributed by atoms with E-state index in [-0.39, 0.29) is 19.4 Å². The highest BCUT2D eigenvalue weighted by Crippen LogP contribution is 2.19. The number of carboxylic acid groups (broad SMARTS) is 1. The van der Waals surface area contributed by atoms with Gasteiger partial charge in [0, 0.05) is 6.54 Å². The third kappa shape index (κ3) is 5.26. The van der Waals surface area contributed by atoms with Crippen molar-refractivity contribution >= 4 is 12.0 Å². The molecule has 118 valence electrons. The number of alkyl halides is 3. The summed E-state index contributed by atoms with van der Waals surface area (Å²) in [5.74, 6) is -1.25. The van der Waals surface area contributed by atoms with Crippen LogP contribution in [0.5, 0.6) is 0 Å². The second-order valence-electron chi connectivity index (χ2n) is 4.56. The Bertz CT molecular complexity index is 341. The summed E-state index contributed by atoms with van der Waals surface area (Å²) in [6.07, 6.45) is -3.98. The molecule has 0 fully saturated rings. The van der Waals surface area contributed by atoms with Gasteiger partial charge in [-0.05, 0) is 19.3 Å². The molecule has 0 aromatic heterocycles. The van der Waals surface area contributed by atoms with E-state index in [0.717, 1.165) is 0 Å². The summed E-state index contributed by atoms with van der Waals surface area (Å²) in [6.45, 7) is 3.28. The first kappa shape index (κ1) is 18.5. The molecule has 0 rings (SSSR count). The zero-order chi connectivity index (χ0) is 16.0. The van der Waals surface area contributed by atoms with Crippen molar-refractivity contribution in [2.24, 2.45) is 0 Å². The maximum absolute atomic E-state index is 12.4. The fraction of sp³-hybridized carbons (Fsp3) is 0.833. The topological polar surface area (TPSA) is 69.6 Å². The molecule has 0 aromatic carbocycles. The fourth-order valence-corrected chi connectivity index (χ4v) is 1.81. The number of urea groups is 1. The van der Waals surface area contributed by atoms with Crippen molar-refractivity contribution in [2.45, 2.75) is 51.7 Å². The molecular formula is C12H21F3N2O3. The molecular weight excluding hydrogens is 277 g/mol. The summed E-state index contributed by atoms with van der Waals surface area (Å²) in [6, 6.07) is -1.00. The summed E-state index contributed by atoms with van der Waals surface area (Å²) in [4.78, 5) is 23.7. The number of nitrogens with one attached hydrogen (secondary N) is 1. The van der Waals surface area contributed by atoms with Crippen molar-refractivity contribution in [3.05, 3.63) is 0 Å². The van der Waals surface area contributed by atoms with E-state index in [4.69, 9.17) is 5.11 Å². The Hall–Kier alpha value is -1.47. The van der Waals surface area contributed by atoms with Gasteiger partial charge in [-0.2, -0.15) is 13.2 Å². The summed E-state index contributed by atoms with van der Waals surface area (Å²) in [5, 5.41) is 11.4. The van der Waals surface area contributed by atoms with Gasteiger partial charge in [0.1, 0.15) is 12.1 Å².